The van der Waals surface area contributed by atoms with Gasteiger partial charge in [-0.25, -0.2) is 0 Å². The molecule has 1 aliphatic heterocycles. The largest absolute Gasteiger partial charge is 0.487 e. The number of nitrogens with zero attached hydrogens (tertiary/aromatic N) is 1. The van der Waals surface area contributed by atoms with Gasteiger partial charge in [-0.15, -0.1) is 0 Å². The Hall–Kier alpha value is -3.73. The van der Waals surface area contributed by atoms with Crippen LogP contribution in [0.15, 0.2) is 78.9 Å². The van der Waals surface area contributed by atoms with Crippen LogP contribution in [0, 0.1) is 11.3 Å². The van der Waals surface area contributed by atoms with Gasteiger partial charge in [-0.3, -0.25) is 0 Å². The van der Waals surface area contributed by atoms with Crippen LogP contribution < -0.4 is 18.9 Å². The fourth-order valence-electron chi connectivity index (χ4n) is 3.58. The highest BCUT2D eigenvalue weighted by Gasteiger charge is 2.36. The number of benzene rings is 3. The molecule has 4 rings (SSSR count). The Morgan fingerprint density at radius 1 is 0.647 bits per heavy atom. The maximum atomic E-state index is 9.30. The van der Waals surface area contributed by atoms with Crippen molar-refractivity contribution in [2.45, 2.75) is 5.60 Å². The fraction of sp³-hybridized carbons (Fsp3) is 0.296. The summed E-state index contributed by atoms with van der Waals surface area (Å²) in [5.74, 6) is 2.34. The molecule has 0 aliphatic carbocycles. The van der Waals surface area contributed by atoms with E-state index in [1.165, 1.54) is 0 Å². The average Bonchev–Trinajstić information content (AvgIpc) is 2.89. The van der Waals surface area contributed by atoms with Crippen LogP contribution in [0.4, 0.5) is 0 Å². The summed E-state index contributed by atoms with van der Waals surface area (Å²) in [6.07, 6.45) is 0. The summed E-state index contributed by atoms with van der Waals surface area (Å²) in [5.41, 5.74) is -0.228. The second-order valence-electron chi connectivity index (χ2n) is 7.59. The van der Waals surface area contributed by atoms with E-state index in [-0.39, 0.29) is 19.8 Å². The van der Waals surface area contributed by atoms with E-state index in [0.717, 1.165) is 5.56 Å². The number of hydrogen-bond acceptors (Lipinski definition) is 7. The molecule has 0 N–H and O–H groups in total. The van der Waals surface area contributed by atoms with Gasteiger partial charge >= 0.3 is 0 Å². The third-order valence-electron chi connectivity index (χ3n) is 5.30. The number of fused-ring (bicyclic) bond motifs is 2. The Balaban J connectivity index is 1.70. The minimum Gasteiger partial charge on any atom is -0.487 e. The number of para-hydroxylation sites is 4. The van der Waals surface area contributed by atoms with Crippen molar-refractivity contribution >= 4 is 0 Å². The Bertz CT molecular complexity index is 1030. The quantitative estimate of drug-likeness (QED) is 0.573. The first-order chi connectivity index (χ1) is 16.8. The van der Waals surface area contributed by atoms with Crippen molar-refractivity contribution < 1.29 is 28.4 Å². The zero-order valence-corrected chi connectivity index (χ0v) is 18.9. The van der Waals surface area contributed by atoms with E-state index in [2.05, 4.69) is 6.07 Å². The van der Waals surface area contributed by atoms with Crippen LogP contribution >= 0.6 is 0 Å². The van der Waals surface area contributed by atoms with E-state index in [4.69, 9.17) is 28.4 Å². The van der Waals surface area contributed by atoms with E-state index >= 15 is 0 Å². The predicted molar refractivity (Wildman–Crippen MR) is 125 cm³/mol. The molecule has 0 saturated carbocycles. The van der Waals surface area contributed by atoms with Gasteiger partial charge < -0.3 is 28.4 Å². The van der Waals surface area contributed by atoms with Crippen LogP contribution in [0.3, 0.4) is 0 Å². The van der Waals surface area contributed by atoms with Crippen LogP contribution in [-0.4, -0.2) is 46.2 Å². The summed E-state index contributed by atoms with van der Waals surface area (Å²) in [6.45, 7) is 1.63. The van der Waals surface area contributed by atoms with Crippen molar-refractivity contribution in [2.75, 3.05) is 46.2 Å². The van der Waals surface area contributed by atoms with E-state index in [1.54, 1.807) is 0 Å². The van der Waals surface area contributed by atoms with Gasteiger partial charge in [0, 0.05) is 0 Å². The zero-order valence-electron chi connectivity index (χ0n) is 18.9. The van der Waals surface area contributed by atoms with E-state index in [0.29, 0.717) is 49.4 Å². The molecule has 3 aromatic carbocycles. The first-order valence-corrected chi connectivity index (χ1v) is 11.1. The second-order valence-corrected chi connectivity index (χ2v) is 7.59. The van der Waals surface area contributed by atoms with Gasteiger partial charge in [0.15, 0.2) is 28.6 Å². The number of nitriles is 1. The monoisotopic (exact) mass is 461 g/mol. The second kappa shape index (κ2) is 11.9. The molecule has 0 spiro atoms. The minimum atomic E-state index is -1.06. The average molecular weight is 462 g/mol. The maximum absolute atomic E-state index is 9.30. The highest BCUT2D eigenvalue weighted by molar-refractivity contribution is 5.41. The van der Waals surface area contributed by atoms with Crippen molar-refractivity contribution in [3.05, 3.63) is 84.4 Å². The highest BCUT2D eigenvalue weighted by atomic mass is 16.6. The van der Waals surface area contributed by atoms with Crippen LogP contribution in [0.5, 0.6) is 23.0 Å². The Kier molecular flexibility index (Phi) is 8.22. The third kappa shape index (κ3) is 5.98. The first kappa shape index (κ1) is 23.4. The Morgan fingerprint density at radius 3 is 1.62 bits per heavy atom. The number of hydrogen-bond donors (Lipinski definition) is 0. The molecule has 0 aromatic heterocycles. The maximum Gasteiger partial charge on any atom is 0.162 e. The molecule has 3 aromatic rings. The van der Waals surface area contributed by atoms with Gasteiger partial charge in [0.25, 0.3) is 0 Å². The lowest BCUT2D eigenvalue weighted by atomic mass is 9.95. The fourth-order valence-corrected chi connectivity index (χ4v) is 3.58. The number of rotatable bonds is 3. The van der Waals surface area contributed by atoms with Crippen molar-refractivity contribution in [2.24, 2.45) is 0 Å². The molecule has 0 radical (unpaired) electrons. The normalized spacial score (nSPS) is 16.2. The molecular formula is C27H27NO6. The molecule has 0 atom stereocenters. The lowest BCUT2D eigenvalue weighted by Crippen LogP contribution is -2.42. The summed E-state index contributed by atoms with van der Waals surface area (Å²) in [7, 11) is 0. The van der Waals surface area contributed by atoms with Crippen LogP contribution in [0.2, 0.25) is 0 Å². The molecule has 0 amide bonds. The van der Waals surface area contributed by atoms with Gasteiger partial charge in [-0.2, -0.15) is 5.26 Å². The molecule has 34 heavy (non-hydrogen) atoms. The first-order valence-electron chi connectivity index (χ1n) is 11.1. The van der Waals surface area contributed by atoms with E-state index < -0.39 is 5.60 Å². The summed E-state index contributed by atoms with van der Waals surface area (Å²) in [5, 5.41) is 9.30. The smallest absolute Gasteiger partial charge is 0.162 e. The van der Waals surface area contributed by atoms with E-state index in [1.807, 2.05) is 78.9 Å². The minimum absolute atomic E-state index is 0.0958. The van der Waals surface area contributed by atoms with Crippen molar-refractivity contribution in [1.29, 1.82) is 5.26 Å². The summed E-state index contributed by atoms with van der Waals surface area (Å²) >= 11 is 0. The number of ether oxygens (including phenoxy) is 6. The predicted octanol–water partition coefficient (Wildman–Crippen LogP) is 4.37. The molecule has 0 fully saturated rings. The molecule has 1 heterocycles. The SMILES string of the molecule is N#CCOC1(c2ccccc2)COc2ccccc2OCCOCCOc2ccccc2OC1. The molecule has 0 saturated heterocycles. The van der Waals surface area contributed by atoms with Gasteiger partial charge in [0.05, 0.1) is 19.3 Å². The topological polar surface area (TPSA) is 79.2 Å². The van der Waals surface area contributed by atoms with Crippen LogP contribution in [-0.2, 0) is 15.1 Å². The Labute approximate surface area is 199 Å². The summed E-state index contributed by atoms with van der Waals surface area (Å²) < 4.78 is 36.0. The van der Waals surface area contributed by atoms with Crippen molar-refractivity contribution in [1.82, 2.24) is 0 Å². The van der Waals surface area contributed by atoms with Crippen LogP contribution in [0.1, 0.15) is 5.56 Å². The van der Waals surface area contributed by atoms with Crippen LogP contribution in [0.25, 0.3) is 0 Å². The van der Waals surface area contributed by atoms with Gasteiger partial charge in [0.1, 0.15) is 33.0 Å². The third-order valence-corrected chi connectivity index (χ3v) is 5.30. The zero-order chi connectivity index (χ0) is 23.5. The Morgan fingerprint density at radius 2 is 1.12 bits per heavy atom. The molecule has 176 valence electrons. The molecule has 7 heteroatoms. The van der Waals surface area contributed by atoms with Gasteiger partial charge in [-0.1, -0.05) is 54.6 Å². The lowest BCUT2D eigenvalue weighted by molar-refractivity contribution is -0.0922. The van der Waals surface area contributed by atoms with Gasteiger partial charge in [0.2, 0.25) is 0 Å². The van der Waals surface area contributed by atoms with Crippen molar-refractivity contribution in [3.63, 3.8) is 0 Å². The summed E-state index contributed by atoms with van der Waals surface area (Å²) in [6, 6.07) is 26.6. The molecular weight excluding hydrogens is 434 g/mol. The highest BCUT2D eigenvalue weighted by Crippen LogP contribution is 2.34. The summed E-state index contributed by atoms with van der Waals surface area (Å²) in [4.78, 5) is 0. The molecule has 1 aliphatic rings. The molecule has 7 nitrogen and oxygen atoms in total. The van der Waals surface area contributed by atoms with E-state index in [9.17, 15) is 5.26 Å². The standard InChI is InChI=1S/C27H27NO6/c28-14-15-34-27(22-8-2-1-3-9-22)20-32-25-12-6-4-10-23(25)30-18-16-29-17-19-31-24-11-5-7-13-26(24)33-21-27/h1-13H,15-21H2. The molecule has 0 bridgehead atoms. The molecule has 0 unspecified atom stereocenters. The lowest BCUT2D eigenvalue weighted by Gasteiger charge is -2.33. The van der Waals surface area contributed by atoms with Gasteiger partial charge in [-0.05, 0) is 29.8 Å². The van der Waals surface area contributed by atoms with Crippen molar-refractivity contribution in [3.8, 4) is 29.1 Å².